The minimum absolute atomic E-state index is 0.114. The summed E-state index contributed by atoms with van der Waals surface area (Å²) < 4.78 is 0. The van der Waals surface area contributed by atoms with Crippen LogP contribution in [0.3, 0.4) is 0 Å². The fourth-order valence-electron chi connectivity index (χ4n) is 1.88. The van der Waals surface area contributed by atoms with E-state index < -0.39 is 6.04 Å². The molecule has 1 heterocycles. The smallest absolute Gasteiger partial charge is 0.244 e. The number of pyridine rings is 1. The lowest BCUT2D eigenvalue weighted by molar-refractivity contribution is -0.119. The van der Waals surface area contributed by atoms with Crippen LogP contribution in [-0.2, 0) is 11.2 Å². The molecule has 1 aromatic carbocycles. The third-order valence-electron chi connectivity index (χ3n) is 2.98. The predicted octanol–water partition coefficient (Wildman–Crippen LogP) is 1.61. The monoisotopic (exact) mass is 255 g/mol. The van der Waals surface area contributed by atoms with E-state index in [4.69, 9.17) is 5.73 Å². The molecule has 0 bridgehead atoms. The van der Waals surface area contributed by atoms with Crippen LogP contribution in [-0.4, -0.2) is 24.0 Å². The molecule has 0 spiro atoms. The summed E-state index contributed by atoms with van der Waals surface area (Å²) in [6, 6.07) is 12.8. The lowest BCUT2D eigenvalue weighted by Gasteiger charge is -2.21. The number of anilines is 1. The van der Waals surface area contributed by atoms with E-state index in [1.807, 2.05) is 36.4 Å². The normalized spacial score (nSPS) is 11.9. The van der Waals surface area contributed by atoms with E-state index in [0.717, 1.165) is 11.3 Å². The predicted molar refractivity (Wildman–Crippen MR) is 75.8 cm³/mol. The molecule has 0 saturated carbocycles. The first kappa shape index (κ1) is 13.2. The highest BCUT2D eigenvalue weighted by Crippen LogP contribution is 2.11. The largest absolute Gasteiger partial charge is 0.320 e. The molecule has 19 heavy (non-hydrogen) atoms. The average Bonchev–Trinajstić information content (AvgIpc) is 2.47. The highest BCUT2D eigenvalue weighted by Gasteiger charge is 2.19. The average molecular weight is 255 g/mol. The lowest BCUT2D eigenvalue weighted by Crippen LogP contribution is -2.43. The van der Waals surface area contributed by atoms with Crippen LogP contribution < -0.4 is 10.6 Å². The van der Waals surface area contributed by atoms with Gasteiger partial charge in [-0.1, -0.05) is 30.3 Å². The number of amides is 1. The standard InChI is InChI=1S/C15H17N3O/c1-18(13-8-5-9-17-11-13)15(19)14(16)10-12-6-3-2-4-7-12/h2-9,11,14H,10,16H2,1H3. The van der Waals surface area contributed by atoms with Crippen LogP contribution in [0, 0.1) is 0 Å². The van der Waals surface area contributed by atoms with Crippen molar-refractivity contribution in [2.24, 2.45) is 5.73 Å². The second-order valence-corrected chi connectivity index (χ2v) is 4.40. The third-order valence-corrected chi connectivity index (χ3v) is 2.98. The Balaban J connectivity index is 2.03. The first-order valence-corrected chi connectivity index (χ1v) is 6.15. The minimum atomic E-state index is -0.549. The van der Waals surface area contributed by atoms with Crippen molar-refractivity contribution in [1.29, 1.82) is 0 Å². The number of nitrogens with two attached hydrogens (primary N) is 1. The van der Waals surface area contributed by atoms with Crippen LogP contribution >= 0.6 is 0 Å². The molecular weight excluding hydrogens is 238 g/mol. The van der Waals surface area contributed by atoms with Gasteiger partial charge in [0.05, 0.1) is 17.9 Å². The Hall–Kier alpha value is -2.20. The molecule has 1 amide bonds. The molecule has 0 radical (unpaired) electrons. The molecular formula is C15H17N3O. The topological polar surface area (TPSA) is 59.2 Å². The molecule has 1 atom stereocenters. The number of benzene rings is 1. The third kappa shape index (κ3) is 3.39. The summed E-state index contributed by atoms with van der Waals surface area (Å²) in [6.07, 6.45) is 3.85. The van der Waals surface area contributed by atoms with Crippen molar-refractivity contribution in [3.05, 3.63) is 60.4 Å². The second-order valence-electron chi connectivity index (χ2n) is 4.40. The van der Waals surface area contributed by atoms with Gasteiger partial charge in [0.15, 0.2) is 0 Å². The van der Waals surface area contributed by atoms with Crippen LogP contribution in [0.15, 0.2) is 54.9 Å². The molecule has 1 aromatic heterocycles. The summed E-state index contributed by atoms with van der Waals surface area (Å²) >= 11 is 0. The number of carbonyl (C=O) groups excluding carboxylic acids is 1. The highest BCUT2D eigenvalue weighted by molar-refractivity contribution is 5.96. The Labute approximate surface area is 112 Å². The van der Waals surface area contributed by atoms with E-state index in [9.17, 15) is 4.79 Å². The summed E-state index contributed by atoms with van der Waals surface area (Å²) in [7, 11) is 1.71. The van der Waals surface area contributed by atoms with E-state index in [2.05, 4.69) is 4.98 Å². The SMILES string of the molecule is CN(C(=O)C(N)Cc1ccccc1)c1cccnc1. The molecule has 98 valence electrons. The van der Waals surface area contributed by atoms with Crippen molar-refractivity contribution in [3.63, 3.8) is 0 Å². The molecule has 2 rings (SSSR count). The number of rotatable bonds is 4. The summed E-state index contributed by atoms with van der Waals surface area (Å²) in [5.41, 5.74) is 7.78. The molecule has 4 heteroatoms. The molecule has 0 aliphatic rings. The molecule has 0 saturated heterocycles. The van der Waals surface area contributed by atoms with E-state index in [0.29, 0.717) is 6.42 Å². The zero-order valence-corrected chi connectivity index (χ0v) is 10.9. The zero-order chi connectivity index (χ0) is 13.7. The molecule has 2 N–H and O–H groups in total. The van der Waals surface area contributed by atoms with Gasteiger partial charge in [0.1, 0.15) is 0 Å². The Morgan fingerprint density at radius 1 is 1.26 bits per heavy atom. The molecule has 0 aliphatic heterocycles. The van der Waals surface area contributed by atoms with Crippen LogP contribution in [0.2, 0.25) is 0 Å². The summed E-state index contributed by atoms with van der Waals surface area (Å²) in [5.74, 6) is -0.114. The Kier molecular flexibility index (Phi) is 4.26. The minimum Gasteiger partial charge on any atom is -0.320 e. The maximum Gasteiger partial charge on any atom is 0.244 e. The van der Waals surface area contributed by atoms with Crippen molar-refractivity contribution in [2.75, 3.05) is 11.9 Å². The van der Waals surface area contributed by atoms with Gasteiger partial charge < -0.3 is 10.6 Å². The van der Waals surface area contributed by atoms with E-state index in [1.165, 1.54) is 0 Å². The van der Waals surface area contributed by atoms with Gasteiger partial charge in [0, 0.05) is 13.2 Å². The van der Waals surface area contributed by atoms with Gasteiger partial charge in [-0.2, -0.15) is 0 Å². The number of hydrogen-bond acceptors (Lipinski definition) is 3. The summed E-state index contributed by atoms with van der Waals surface area (Å²) in [4.78, 5) is 17.8. The fourth-order valence-corrected chi connectivity index (χ4v) is 1.88. The maximum atomic E-state index is 12.2. The number of carbonyl (C=O) groups is 1. The van der Waals surface area contributed by atoms with Crippen molar-refractivity contribution >= 4 is 11.6 Å². The zero-order valence-electron chi connectivity index (χ0n) is 10.9. The summed E-state index contributed by atoms with van der Waals surface area (Å²) in [5, 5.41) is 0. The van der Waals surface area contributed by atoms with Crippen molar-refractivity contribution < 1.29 is 4.79 Å². The van der Waals surface area contributed by atoms with Gasteiger partial charge in [-0.3, -0.25) is 9.78 Å². The van der Waals surface area contributed by atoms with Crippen LogP contribution in [0.4, 0.5) is 5.69 Å². The number of nitrogens with zero attached hydrogens (tertiary/aromatic N) is 2. The van der Waals surface area contributed by atoms with Gasteiger partial charge in [-0.05, 0) is 24.1 Å². The van der Waals surface area contributed by atoms with Crippen LogP contribution in [0.1, 0.15) is 5.56 Å². The Morgan fingerprint density at radius 3 is 2.63 bits per heavy atom. The van der Waals surface area contributed by atoms with Crippen LogP contribution in [0.25, 0.3) is 0 Å². The molecule has 2 aromatic rings. The summed E-state index contributed by atoms with van der Waals surface area (Å²) in [6.45, 7) is 0. The second kappa shape index (κ2) is 6.11. The number of likely N-dealkylation sites (N-methyl/N-ethyl adjacent to an activating group) is 1. The Bertz CT molecular complexity index is 528. The molecule has 4 nitrogen and oxygen atoms in total. The molecule has 1 unspecified atom stereocenters. The van der Waals surface area contributed by atoms with Crippen molar-refractivity contribution in [1.82, 2.24) is 4.98 Å². The first-order chi connectivity index (χ1) is 9.18. The van der Waals surface area contributed by atoms with Crippen molar-refractivity contribution in [2.45, 2.75) is 12.5 Å². The van der Waals surface area contributed by atoms with Gasteiger partial charge >= 0.3 is 0 Å². The van der Waals surface area contributed by atoms with Crippen LogP contribution in [0.5, 0.6) is 0 Å². The fraction of sp³-hybridized carbons (Fsp3) is 0.200. The number of aromatic nitrogens is 1. The van der Waals surface area contributed by atoms with Gasteiger partial charge in [-0.25, -0.2) is 0 Å². The van der Waals surface area contributed by atoms with Gasteiger partial charge in [-0.15, -0.1) is 0 Å². The van der Waals surface area contributed by atoms with E-state index >= 15 is 0 Å². The number of hydrogen-bond donors (Lipinski definition) is 1. The van der Waals surface area contributed by atoms with E-state index in [-0.39, 0.29) is 5.91 Å². The first-order valence-electron chi connectivity index (χ1n) is 6.15. The van der Waals surface area contributed by atoms with Gasteiger partial charge in [0.2, 0.25) is 5.91 Å². The lowest BCUT2D eigenvalue weighted by atomic mass is 10.1. The van der Waals surface area contributed by atoms with E-state index in [1.54, 1.807) is 30.4 Å². The quantitative estimate of drug-likeness (QED) is 0.903. The highest BCUT2D eigenvalue weighted by atomic mass is 16.2. The Morgan fingerprint density at radius 2 is 2.00 bits per heavy atom. The maximum absolute atomic E-state index is 12.2. The molecule has 0 aliphatic carbocycles. The van der Waals surface area contributed by atoms with Crippen molar-refractivity contribution in [3.8, 4) is 0 Å². The van der Waals surface area contributed by atoms with Gasteiger partial charge in [0.25, 0.3) is 0 Å². The molecule has 0 fully saturated rings.